The van der Waals surface area contributed by atoms with Gasteiger partial charge in [0.2, 0.25) is 5.91 Å². The zero-order valence-corrected chi connectivity index (χ0v) is 17.3. The third kappa shape index (κ3) is 4.92. The first-order valence-corrected chi connectivity index (χ1v) is 10.8. The Morgan fingerprint density at radius 1 is 1.16 bits per heavy atom. The lowest BCUT2D eigenvalue weighted by molar-refractivity contribution is -0.183. The number of rotatable bonds is 5. The van der Waals surface area contributed by atoms with E-state index in [2.05, 4.69) is 11.1 Å². The maximum absolute atomic E-state index is 13.7. The first kappa shape index (κ1) is 21.4. The minimum Gasteiger partial charge on any atom is -0.392 e. The van der Waals surface area contributed by atoms with Gasteiger partial charge >= 0.3 is 0 Å². The number of nitrogens with zero attached hydrogens (tertiary/aromatic N) is 3. The second kappa shape index (κ2) is 9.54. The van der Waals surface area contributed by atoms with Crippen molar-refractivity contribution in [1.82, 2.24) is 10.0 Å². The number of aliphatic hydroxyl groups is 1. The van der Waals surface area contributed by atoms with Gasteiger partial charge in [-0.1, -0.05) is 6.07 Å². The highest BCUT2D eigenvalue weighted by molar-refractivity contribution is 5.78. The van der Waals surface area contributed by atoms with Crippen LogP contribution in [0.1, 0.15) is 60.4 Å². The van der Waals surface area contributed by atoms with E-state index in [9.17, 15) is 14.3 Å². The molecule has 1 aliphatic carbocycles. The fraction of sp³-hybridized carbons (Fsp3) is 0.458. The Labute approximate surface area is 181 Å². The van der Waals surface area contributed by atoms with E-state index in [1.54, 1.807) is 12.3 Å². The maximum Gasteiger partial charge on any atom is 0.249 e. The van der Waals surface area contributed by atoms with Crippen LogP contribution in [0.3, 0.4) is 0 Å². The molecule has 0 unspecified atom stereocenters. The fourth-order valence-corrected chi connectivity index (χ4v) is 4.74. The molecule has 1 aromatic carbocycles. The van der Waals surface area contributed by atoms with Gasteiger partial charge in [-0.15, -0.1) is 0 Å². The molecule has 1 saturated heterocycles. The predicted molar refractivity (Wildman–Crippen MR) is 111 cm³/mol. The summed E-state index contributed by atoms with van der Waals surface area (Å²) in [5.41, 5.74) is 2.78. The Bertz CT molecular complexity index is 982. The van der Waals surface area contributed by atoms with Crippen LogP contribution >= 0.6 is 0 Å². The van der Waals surface area contributed by atoms with E-state index >= 15 is 0 Å². The number of halogens is 1. The van der Waals surface area contributed by atoms with Gasteiger partial charge in [0.05, 0.1) is 24.8 Å². The Morgan fingerprint density at radius 3 is 2.68 bits per heavy atom. The van der Waals surface area contributed by atoms with Crippen LogP contribution in [0.4, 0.5) is 4.39 Å². The third-order valence-electron chi connectivity index (χ3n) is 6.32. The van der Waals surface area contributed by atoms with E-state index in [4.69, 9.17) is 10.1 Å². The minimum atomic E-state index is -0.322. The molecule has 1 amide bonds. The van der Waals surface area contributed by atoms with E-state index in [0.29, 0.717) is 30.1 Å². The van der Waals surface area contributed by atoms with Gasteiger partial charge in [-0.3, -0.25) is 14.6 Å². The van der Waals surface area contributed by atoms with Crippen LogP contribution in [0.25, 0.3) is 0 Å². The van der Waals surface area contributed by atoms with Gasteiger partial charge in [-0.2, -0.15) is 5.26 Å². The number of aliphatic hydroxyl groups excluding tert-OH is 1. The number of hydroxylamine groups is 2. The van der Waals surface area contributed by atoms with Gasteiger partial charge in [0, 0.05) is 24.7 Å². The Hall–Kier alpha value is -2.82. The number of hydrogen-bond acceptors (Lipinski definition) is 5. The molecule has 1 aromatic heterocycles. The molecule has 2 fully saturated rings. The third-order valence-corrected chi connectivity index (χ3v) is 6.32. The summed E-state index contributed by atoms with van der Waals surface area (Å²) in [6.07, 6.45) is 7.97. The zero-order valence-electron chi connectivity index (χ0n) is 17.3. The first-order chi connectivity index (χ1) is 15.1. The number of pyridine rings is 1. The van der Waals surface area contributed by atoms with Crippen LogP contribution < -0.4 is 0 Å². The van der Waals surface area contributed by atoms with Gasteiger partial charge in [0.1, 0.15) is 11.9 Å². The van der Waals surface area contributed by atoms with Crippen molar-refractivity contribution in [2.24, 2.45) is 11.8 Å². The van der Waals surface area contributed by atoms with E-state index in [-0.39, 0.29) is 30.3 Å². The van der Waals surface area contributed by atoms with E-state index < -0.39 is 0 Å². The van der Waals surface area contributed by atoms with Gasteiger partial charge in [0.25, 0.3) is 0 Å². The fourth-order valence-electron chi connectivity index (χ4n) is 4.74. The van der Waals surface area contributed by atoms with E-state index in [1.807, 2.05) is 6.07 Å². The average molecular weight is 423 g/mol. The highest BCUT2D eigenvalue weighted by Gasteiger charge is 2.37. The van der Waals surface area contributed by atoms with E-state index in [1.165, 1.54) is 23.4 Å². The van der Waals surface area contributed by atoms with Crippen LogP contribution in [0, 0.1) is 29.0 Å². The number of carbonyl (C=O) groups excluding carboxylic acids is 1. The van der Waals surface area contributed by atoms with Crippen molar-refractivity contribution in [2.75, 3.05) is 6.61 Å². The normalized spacial score (nSPS) is 23.5. The van der Waals surface area contributed by atoms with Crippen LogP contribution in [0.15, 0.2) is 36.7 Å². The average Bonchev–Trinajstić information content (AvgIpc) is 3.29. The topological polar surface area (TPSA) is 86.5 Å². The number of benzene rings is 1. The molecule has 1 atom stereocenters. The molecule has 4 rings (SSSR count). The standard InChI is InChI=1S/C24H26FN3O3/c25-22-10-17(8-18(11-22)15-29)7-16-1-3-20(4-2-16)24(30)28-23(5-6-31-28)21-9-19(12-26)13-27-14-21/h8-11,13-14,16,20,23,29H,1-7,15H2/t16?,20?,23-/m0/s1. The van der Waals surface area contributed by atoms with Crippen LogP contribution in [0.2, 0.25) is 0 Å². The summed E-state index contributed by atoms with van der Waals surface area (Å²) in [6.45, 7) is 0.297. The van der Waals surface area contributed by atoms with Gasteiger partial charge in [-0.05, 0) is 72.9 Å². The highest BCUT2D eigenvalue weighted by Crippen LogP contribution is 2.37. The summed E-state index contributed by atoms with van der Waals surface area (Å²) in [5.74, 6) is -0.0251. The highest BCUT2D eigenvalue weighted by atomic mass is 19.1. The van der Waals surface area contributed by atoms with Crippen LogP contribution in [-0.4, -0.2) is 27.7 Å². The van der Waals surface area contributed by atoms with Crippen LogP contribution in [0.5, 0.6) is 0 Å². The Morgan fingerprint density at radius 2 is 1.94 bits per heavy atom. The molecule has 2 aromatic rings. The monoisotopic (exact) mass is 423 g/mol. The van der Waals surface area contributed by atoms with Crippen molar-refractivity contribution in [1.29, 1.82) is 5.26 Å². The second-order valence-corrected chi connectivity index (χ2v) is 8.47. The summed E-state index contributed by atoms with van der Waals surface area (Å²) in [5, 5.41) is 19.9. The predicted octanol–water partition coefficient (Wildman–Crippen LogP) is 3.84. The number of amides is 1. The zero-order chi connectivity index (χ0) is 21.8. The molecule has 31 heavy (non-hydrogen) atoms. The molecule has 2 heterocycles. The number of carbonyl (C=O) groups is 1. The van der Waals surface area contributed by atoms with Crippen molar-refractivity contribution in [3.8, 4) is 6.07 Å². The maximum atomic E-state index is 13.7. The lowest BCUT2D eigenvalue weighted by atomic mass is 9.78. The molecule has 2 aliphatic rings. The second-order valence-electron chi connectivity index (χ2n) is 8.47. The number of hydrogen-bond donors (Lipinski definition) is 1. The van der Waals surface area contributed by atoms with Gasteiger partial charge in [-0.25, -0.2) is 9.45 Å². The smallest absolute Gasteiger partial charge is 0.249 e. The summed E-state index contributed by atoms with van der Waals surface area (Å²) >= 11 is 0. The molecule has 6 nitrogen and oxygen atoms in total. The Kier molecular flexibility index (Phi) is 6.59. The molecule has 1 N–H and O–H groups in total. The number of aromatic nitrogens is 1. The lowest BCUT2D eigenvalue weighted by Crippen LogP contribution is -2.36. The molecule has 162 valence electrons. The SMILES string of the molecule is N#Cc1cncc([C@@H]2CCON2C(=O)C2CCC(Cc3cc(F)cc(CO)c3)CC2)c1. The molecular formula is C24H26FN3O3. The summed E-state index contributed by atoms with van der Waals surface area (Å²) in [7, 11) is 0. The summed E-state index contributed by atoms with van der Waals surface area (Å²) in [4.78, 5) is 23.0. The van der Waals surface area contributed by atoms with Crippen molar-refractivity contribution >= 4 is 5.91 Å². The molecule has 0 radical (unpaired) electrons. The minimum absolute atomic E-state index is 0.00312. The van der Waals surface area contributed by atoms with Crippen molar-refractivity contribution in [3.05, 3.63) is 64.7 Å². The van der Waals surface area contributed by atoms with Crippen molar-refractivity contribution in [3.63, 3.8) is 0 Å². The van der Waals surface area contributed by atoms with Crippen molar-refractivity contribution < 1.29 is 19.1 Å². The molecule has 7 heteroatoms. The molecule has 1 saturated carbocycles. The quantitative estimate of drug-likeness (QED) is 0.790. The summed E-state index contributed by atoms with van der Waals surface area (Å²) < 4.78 is 13.7. The summed E-state index contributed by atoms with van der Waals surface area (Å²) in [6, 6.07) is 8.38. The molecule has 0 spiro atoms. The first-order valence-electron chi connectivity index (χ1n) is 10.8. The lowest BCUT2D eigenvalue weighted by Gasteiger charge is -2.32. The number of nitriles is 1. The van der Waals surface area contributed by atoms with Crippen LogP contribution in [-0.2, 0) is 22.7 Å². The Balaban J connectivity index is 1.36. The molecule has 0 bridgehead atoms. The van der Waals surface area contributed by atoms with E-state index in [0.717, 1.165) is 43.2 Å². The molecule has 1 aliphatic heterocycles. The van der Waals surface area contributed by atoms with Gasteiger partial charge in [0.15, 0.2) is 0 Å². The van der Waals surface area contributed by atoms with Crippen molar-refractivity contribution in [2.45, 2.75) is 51.2 Å². The largest absolute Gasteiger partial charge is 0.392 e. The van der Waals surface area contributed by atoms with Gasteiger partial charge < -0.3 is 5.11 Å². The molecular weight excluding hydrogens is 397 g/mol.